The number of hydrogen-bond donors (Lipinski definition) is 1. The summed E-state index contributed by atoms with van der Waals surface area (Å²) in [6, 6.07) is 16.4. The van der Waals surface area contributed by atoms with Gasteiger partial charge in [-0.3, -0.25) is 4.79 Å². The van der Waals surface area contributed by atoms with E-state index < -0.39 is 14.6 Å². The predicted molar refractivity (Wildman–Crippen MR) is 121 cm³/mol. The first-order chi connectivity index (χ1) is 15.0. The Morgan fingerprint density at radius 3 is 2.29 bits per heavy atom. The Morgan fingerprint density at radius 2 is 1.58 bits per heavy atom. The lowest BCUT2D eigenvalue weighted by Gasteiger charge is -2.35. The van der Waals surface area contributed by atoms with E-state index in [4.69, 9.17) is 4.74 Å². The Hall–Kier alpha value is -2.38. The normalized spacial score (nSPS) is 19.0. The highest BCUT2D eigenvalue weighted by Gasteiger charge is 2.51. The number of carbonyl (C=O) groups excluding carboxylic acids is 1. The van der Waals surface area contributed by atoms with Crippen molar-refractivity contribution in [3.63, 3.8) is 0 Å². The van der Waals surface area contributed by atoms with E-state index in [-0.39, 0.29) is 10.8 Å². The highest BCUT2D eigenvalue weighted by atomic mass is 32.2. The van der Waals surface area contributed by atoms with E-state index in [1.807, 2.05) is 24.3 Å². The first-order valence-electron chi connectivity index (χ1n) is 11.0. The predicted octanol–water partition coefficient (Wildman–Crippen LogP) is 3.32. The summed E-state index contributed by atoms with van der Waals surface area (Å²) in [5, 5.41) is 2.99. The molecule has 1 saturated carbocycles. The van der Waals surface area contributed by atoms with Gasteiger partial charge in [0, 0.05) is 25.3 Å². The zero-order valence-electron chi connectivity index (χ0n) is 17.8. The van der Waals surface area contributed by atoms with Gasteiger partial charge >= 0.3 is 0 Å². The maximum atomic E-state index is 13.6. The maximum absolute atomic E-state index is 13.6. The summed E-state index contributed by atoms with van der Waals surface area (Å²) in [4.78, 5) is 16.0. The largest absolute Gasteiger partial charge is 0.378 e. The molecule has 1 N–H and O–H groups in total. The number of morpholine rings is 1. The number of ether oxygens (including phenoxy) is 1. The summed E-state index contributed by atoms with van der Waals surface area (Å²) < 4.78 is 31.2. The molecular formula is C24H30N2O4S. The zero-order valence-corrected chi connectivity index (χ0v) is 18.6. The van der Waals surface area contributed by atoms with Gasteiger partial charge in [-0.2, -0.15) is 0 Å². The van der Waals surface area contributed by atoms with Crippen LogP contribution in [0.4, 0.5) is 5.69 Å². The quantitative estimate of drug-likeness (QED) is 0.743. The Bertz CT molecular complexity index is 995. The second kappa shape index (κ2) is 9.40. The monoisotopic (exact) mass is 442 g/mol. The van der Waals surface area contributed by atoms with E-state index in [1.54, 1.807) is 30.3 Å². The molecule has 0 aromatic heterocycles. The molecule has 2 aromatic rings. The number of hydrogen-bond acceptors (Lipinski definition) is 5. The zero-order chi connectivity index (χ0) is 21.7. The highest BCUT2D eigenvalue weighted by molar-refractivity contribution is 7.93. The van der Waals surface area contributed by atoms with Crippen molar-refractivity contribution < 1.29 is 17.9 Å². The average Bonchev–Trinajstić information content (AvgIpc) is 2.84. The van der Waals surface area contributed by atoms with Crippen LogP contribution in [-0.4, -0.2) is 45.4 Å². The number of anilines is 1. The number of para-hydroxylation sites is 1. The van der Waals surface area contributed by atoms with Crippen molar-refractivity contribution in [3.8, 4) is 0 Å². The van der Waals surface area contributed by atoms with Crippen molar-refractivity contribution in [3.05, 3.63) is 60.2 Å². The minimum atomic E-state index is -3.80. The molecule has 166 valence electrons. The number of benzene rings is 2. The lowest BCUT2D eigenvalue weighted by atomic mass is 9.87. The molecule has 6 nitrogen and oxygen atoms in total. The second-order valence-electron chi connectivity index (χ2n) is 8.28. The fourth-order valence-electron chi connectivity index (χ4n) is 4.68. The maximum Gasteiger partial charge on any atom is 0.242 e. The van der Waals surface area contributed by atoms with E-state index >= 15 is 0 Å². The molecular weight excluding hydrogens is 412 g/mol. The van der Waals surface area contributed by atoms with Crippen molar-refractivity contribution in [1.29, 1.82) is 0 Å². The molecule has 1 heterocycles. The van der Waals surface area contributed by atoms with Crippen LogP contribution in [0.15, 0.2) is 59.5 Å². The van der Waals surface area contributed by atoms with E-state index in [0.29, 0.717) is 32.6 Å². The number of nitrogens with zero attached hydrogens (tertiary/aromatic N) is 1. The molecule has 4 rings (SSSR count). The van der Waals surface area contributed by atoms with E-state index in [2.05, 4.69) is 10.2 Å². The summed E-state index contributed by atoms with van der Waals surface area (Å²) in [7, 11) is -3.80. The van der Waals surface area contributed by atoms with Gasteiger partial charge in [-0.05, 0) is 36.6 Å². The number of sulfone groups is 1. The number of amides is 1. The van der Waals surface area contributed by atoms with Crippen molar-refractivity contribution in [2.24, 2.45) is 0 Å². The van der Waals surface area contributed by atoms with Crippen molar-refractivity contribution >= 4 is 21.4 Å². The van der Waals surface area contributed by atoms with E-state index in [9.17, 15) is 13.2 Å². The highest BCUT2D eigenvalue weighted by Crippen LogP contribution is 2.39. The third-order valence-electron chi connectivity index (χ3n) is 6.43. The van der Waals surface area contributed by atoms with Gasteiger partial charge in [0.15, 0.2) is 14.6 Å². The molecule has 0 spiro atoms. The van der Waals surface area contributed by atoms with Gasteiger partial charge in [-0.25, -0.2) is 8.42 Å². The number of rotatable bonds is 6. The van der Waals surface area contributed by atoms with Gasteiger partial charge in [-0.15, -0.1) is 0 Å². The topological polar surface area (TPSA) is 75.7 Å². The summed E-state index contributed by atoms with van der Waals surface area (Å²) in [5.41, 5.74) is 2.05. The van der Waals surface area contributed by atoms with E-state index in [0.717, 1.165) is 43.6 Å². The lowest BCUT2D eigenvalue weighted by molar-refractivity contribution is -0.124. The summed E-state index contributed by atoms with van der Waals surface area (Å²) in [6.45, 7) is 3.27. The smallest absolute Gasteiger partial charge is 0.242 e. The molecule has 0 radical (unpaired) electrons. The SMILES string of the molecule is O=C(NCc1ccccc1N1CCOCC1)C1(S(=O)(=O)c2ccccc2)CCCCC1. The molecule has 1 aliphatic carbocycles. The minimum Gasteiger partial charge on any atom is -0.378 e. The van der Waals surface area contributed by atoms with Gasteiger partial charge in [0.25, 0.3) is 0 Å². The molecule has 0 bridgehead atoms. The molecule has 2 aliphatic rings. The van der Waals surface area contributed by atoms with Gasteiger partial charge in [-0.1, -0.05) is 55.7 Å². The van der Waals surface area contributed by atoms with Crippen LogP contribution in [0.3, 0.4) is 0 Å². The van der Waals surface area contributed by atoms with Crippen LogP contribution in [0.2, 0.25) is 0 Å². The van der Waals surface area contributed by atoms with Crippen LogP contribution in [0.5, 0.6) is 0 Å². The van der Waals surface area contributed by atoms with Crippen LogP contribution >= 0.6 is 0 Å². The van der Waals surface area contributed by atoms with Crippen molar-refractivity contribution in [2.75, 3.05) is 31.2 Å². The van der Waals surface area contributed by atoms with Crippen LogP contribution in [0.25, 0.3) is 0 Å². The molecule has 2 aromatic carbocycles. The fraction of sp³-hybridized carbons (Fsp3) is 0.458. The number of carbonyl (C=O) groups is 1. The lowest BCUT2D eigenvalue weighted by Crippen LogP contribution is -2.53. The Kier molecular flexibility index (Phi) is 6.62. The molecule has 31 heavy (non-hydrogen) atoms. The first-order valence-corrected chi connectivity index (χ1v) is 12.5. The Morgan fingerprint density at radius 1 is 0.935 bits per heavy atom. The van der Waals surface area contributed by atoms with Gasteiger partial charge in [0.2, 0.25) is 5.91 Å². The van der Waals surface area contributed by atoms with Crippen molar-refractivity contribution in [1.82, 2.24) is 5.32 Å². The molecule has 1 amide bonds. The first kappa shape index (κ1) is 21.8. The molecule has 0 unspecified atom stereocenters. The Balaban J connectivity index is 1.58. The molecule has 1 aliphatic heterocycles. The second-order valence-corrected chi connectivity index (χ2v) is 10.5. The third-order valence-corrected chi connectivity index (χ3v) is 8.94. The summed E-state index contributed by atoms with van der Waals surface area (Å²) in [5.74, 6) is -0.382. The van der Waals surface area contributed by atoms with E-state index in [1.165, 1.54) is 0 Å². The molecule has 2 fully saturated rings. The molecule has 0 atom stereocenters. The molecule has 1 saturated heterocycles. The third kappa shape index (κ3) is 4.34. The average molecular weight is 443 g/mol. The van der Waals surface area contributed by atoms with Crippen LogP contribution in [-0.2, 0) is 25.9 Å². The van der Waals surface area contributed by atoms with Crippen molar-refractivity contribution in [2.45, 2.75) is 48.3 Å². The number of nitrogens with one attached hydrogen (secondary N) is 1. The van der Waals surface area contributed by atoms with Crippen LogP contribution in [0, 0.1) is 0 Å². The minimum absolute atomic E-state index is 0.223. The van der Waals surface area contributed by atoms with Crippen LogP contribution < -0.4 is 10.2 Å². The fourth-order valence-corrected chi connectivity index (χ4v) is 6.78. The summed E-state index contributed by atoms with van der Waals surface area (Å²) >= 11 is 0. The standard InChI is InChI=1S/C24H30N2O4S/c27-23(25-19-20-9-5-6-12-22(20)26-15-17-30-18-16-26)24(13-7-2-8-14-24)31(28,29)21-10-3-1-4-11-21/h1,3-6,9-12H,2,7-8,13-19H2,(H,25,27). The van der Waals surface area contributed by atoms with Gasteiger partial charge in [0.05, 0.1) is 18.1 Å². The van der Waals surface area contributed by atoms with Gasteiger partial charge < -0.3 is 15.0 Å². The van der Waals surface area contributed by atoms with Crippen LogP contribution in [0.1, 0.15) is 37.7 Å². The van der Waals surface area contributed by atoms with Gasteiger partial charge in [0.1, 0.15) is 0 Å². The summed E-state index contributed by atoms with van der Waals surface area (Å²) in [6.07, 6.45) is 3.16. The Labute approximate surface area is 184 Å². The molecule has 7 heteroatoms.